The smallest absolute Gasteiger partial charge is 0.410 e. The number of hydrogen-bond donors (Lipinski definition) is 1. The number of ether oxygens (including phenoxy) is 1. The summed E-state index contributed by atoms with van der Waals surface area (Å²) < 4.78 is 31.8. The summed E-state index contributed by atoms with van der Waals surface area (Å²) in [5, 5.41) is 0. The number of amides is 1. The van der Waals surface area contributed by atoms with E-state index >= 15 is 0 Å². The van der Waals surface area contributed by atoms with Gasteiger partial charge in [0.15, 0.2) is 5.96 Å². The summed E-state index contributed by atoms with van der Waals surface area (Å²) in [5.41, 5.74) is 5.86. The number of piperazine rings is 1. The fraction of sp³-hybridized carbons (Fsp3) is 0.556. The molecule has 144 valence electrons. The fourth-order valence-electron chi connectivity index (χ4n) is 2.56. The number of guanidine groups is 1. The first-order valence-corrected chi connectivity index (χ1v) is 8.62. The number of aliphatic imine (C=N–C) groups is 1. The molecule has 1 amide bonds. The third kappa shape index (κ3) is 5.86. The van der Waals surface area contributed by atoms with Crippen LogP contribution in [-0.2, 0) is 11.2 Å². The molecule has 1 aliphatic rings. The van der Waals surface area contributed by atoms with Gasteiger partial charge in [-0.05, 0) is 38.8 Å². The molecular formula is C18H26F2N4O2. The van der Waals surface area contributed by atoms with Crippen molar-refractivity contribution in [2.24, 2.45) is 10.7 Å². The standard InChI is InChI=1S/C18H26F2N4O2/c1-18(2,3)26-17(25)24-10-8-23(9-11-24)16(21)22-7-6-13-4-5-14(19)12-15(13)20/h4-5,12H,6-11H2,1-3H3,(H2,21,22). The monoisotopic (exact) mass is 368 g/mol. The number of benzene rings is 1. The molecule has 0 aliphatic carbocycles. The van der Waals surface area contributed by atoms with E-state index in [2.05, 4.69) is 4.99 Å². The lowest BCUT2D eigenvalue weighted by molar-refractivity contribution is 0.0186. The zero-order valence-corrected chi connectivity index (χ0v) is 15.5. The van der Waals surface area contributed by atoms with Crippen molar-refractivity contribution in [3.63, 3.8) is 0 Å². The molecule has 0 atom stereocenters. The average molecular weight is 368 g/mol. The van der Waals surface area contributed by atoms with E-state index in [1.165, 1.54) is 12.1 Å². The third-order valence-corrected chi connectivity index (χ3v) is 3.93. The van der Waals surface area contributed by atoms with Gasteiger partial charge in [-0.15, -0.1) is 0 Å². The molecule has 0 aromatic heterocycles. The summed E-state index contributed by atoms with van der Waals surface area (Å²) >= 11 is 0. The van der Waals surface area contributed by atoms with Crippen molar-refractivity contribution in [3.05, 3.63) is 35.4 Å². The minimum atomic E-state index is -0.600. The molecule has 1 saturated heterocycles. The van der Waals surface area contributed by atoms with Crippen molar-refractivity contribution in [1.29, 1.82) is 0 Å². The topological polar surface area (TPSA) is 71.2 Å². The summed E-state index contributed by atoms with van der Waals surface area (Å²) in [6, 6.07) is 3.50. The van der Waals surface area contributed by atoms with Crippen LogP contribution in [-0.4, -0.2) is 60.2 Å². The van der Waals surface area contributed by atoms with Crippen LogP contribution in [0.25, 0.3) is 0 Å². The van der Waals surface area contributed by atoms with Gasteiger partial charge >= 0.3 is 6.09 Å². The first-order chi connectivity index (χ1) is 12.2. The minimum Gasteiger partial charge on any atom is -0.444 e. The van der Waals surface area contributed by atoms with Gasteiger partial charge in [-0.25, -0.2) is 13.6 Å². The lowest BCUT2D eigenvalue weighted by atomic mass is 10.1. The Bertz CT molecular complexity index is 666. The van der Waals surface area contributed by atoms with Crippen LogP contribution >= 0.6 is 0 Å². The molecule has 0 spiro atoms. The Hall–Kier alpha value is -2.38. The highest BCUT2D eigenvalue weighted by Gasteiger charge is 2.26. The lowest BCUT2D eigenvalue weighted by Crippen LogP contribution is -2.53. The van der Waals surface area contributed by atoms with Gasteiger partial charge in [0, 0.05) is 38.8 Å². The highest BCUT2D eigenvalue weighted by Crippen LogP contribution is 2.12. The number of nitrogens with two attached hydrogens (primary N) is 1. The largest absolute Gasteiger partial charge is 0.444 e. The van der Waals surface area contributed by atoms with Crippen molar-refractivity contribution in [2.45, 2.75) is 32.8 Å². The zero-order chi connectivity index (χ0) is 19.3. The summed E-state index contributed by atoms with van der Waals surface area (Å²) in [4.78, 5) is 19.8. The van der Waals surface area contributed by atoms with E-state index in [1.807, 2.05) is 25.7 Å². The second-order valence-electron chi connectivity index (χ2n) is 7.18. The molecule has 1 heterocycles. The van der Waals surface area contributed by atoms with Crippen LogP contribution < -0.4 is 5.73 Å². The number of nitrogens with zero attached hydrogens (tertiary/aromatic N) is 3. The summed E-state index contributed by atoms with van der Waals surface area (Å²) in [6.07, 6.45) is 0.00414. The SMILES string of the molecule is CC(C)(C)OC(=O)N1CCN(C(N)=NCCc2ccc(F)cc2F)CC1. The second-order valence-corrected chi connectivity index (χ2v) is 7.18. The number of carbonyl (C=O) groups excluding carboxylic acids is 1. The number of rotatable bonds is 3. The second kappa shape index (κ2) is 8.33. The Labute approximate surface area is 152 Å². The molecule has 6 nitrogen and oxygen atoms in total. The van der Waals surface area contributed by atoms with E-state index in [4.69, 9.17) is 10.5 Å². The van der Waals surface area contributed by atoms with Crippen LogP contribution in [0.3, 0.4) is 0 Å². The summed E-state index contributed by atoms with van der Waals surface area (Å²) in [5.74, 6) is -0.821. The Morgan fingerprint density at radius 2 is 1.81 bits per heavy atom. The van der Waals surface area contributed by atoms with Crippen LogP contribution in [0.1, 0.15) is 26.3 Å². The van der Waals surface area contributed by atoms with Crippen molar-refractivity contribution in [2.75, 3.05) is 32.7 Å². The van der Waals surface area contributed by atoms with Crippen LogP contribution in [0.15, 0.2) is 23.2 Å². The van der Waals surface area contributed by atoms with E-state index in [9.17, 15) is 13.6 Å². The fourth-order valence-corrected chi connectivity index (χ4v) is 2.56. The Kier molecular flexibility index (Phi) is 6.39. The van der Waals surface area contributed by atoms with Gasteiger partial charge < -0.3 is 20.3 Å². The van der Waals surface area contributed by atoms with E-state index in [0.29, 0.717) is 50.7 Å². The molecule has 2 N–H and O–H groups in total. The minimum absolute atomic E-state index is 0.306. The first-order valence-electron chi connectivity index (χ1n) is 8.62. The maximum atomic E-state index is 13.6. The molecule has 1 fully saturated rings. The van der Waals surface area contributed by atoms with Crippen LogP contribution in [0.4, 0.5) is 13.6 Å². The van der Waals surface area contributed by atoms with Gasteiger partial charge in [0.25, 0.3) is 0 Å². The first kappa shape index (κ1) is 19.9. The number of carbonyl (C=O) groups is 1. The highest BCUT2D eigenvalue weighted by atomic mass is 19.1. The lowest BCUT2D eigenvalue weighted by Gasteiger charge is -2.36. The molecule has 0 bridgehead atoms. The zero-order valence-electron chi connectivity index (χ0n) is 15.5. The van der Waals surface area contributed by atoms with Crippen molar-refractivity contribution >= 4 is 12.1 Å². The molecule has 0 radical (unpaired) electrons. The molecule has 0 saturated carbocycles. The molecule has 0 unspecified atom stereocenters. The van der Waals surface area contributed by atoms with Crippen molar-refractivity contribution < 1.29 is 18.3 Å². The quantitative estimate of drug-likeness (QED) is 0.657. The Balaban J connectivity index is 1.81. The highest BCUT2D eigenvalue weighted by molar-refractivity contribution is 5.78. The molecule has 2 rings (SSSR count). The molecule has 1 aromatic rings. The summed E-state index contributed by atoms with van der Waals surface area (Å²) in [6.45, 7) is 7.90. The predicted molar refractivity (Wildman–Crippen MR) is 95.9 cm³/mol. The molecule has 8 heteroatoms. The van der Waals surface area contributed by atoms with E-state index in [-0.39, 0.29) is 6.09 Å². The van der Waals surface area contributed by atoms with Crippen molar-refractivity contribution in [1.82, 2.24) is 9.80 Å². The summed E-state index contributed by atoms with van der Waals surface area (Å²) in [7, 11) is 0. The van der Waals surface area contributed by atoms with Crippen molar-refractivity contribution in [3.8, 4) is 0 Å². The Morgan fingerprint density at radius 1 is 1.19 bits per heavy atom. The maximum absolute atomic E-state index is 13.6. The molecule has 26 heavy (non-hydrogen) atoms. The number of halogens is 2. The molecule has 1 aromatic carbocycles. The van der Waals surface area contributed by atoms with Gasteiger partial charge in [0.1, 0.15) is 17.2 Å². The van der Waals surface area contributed by atoms with Gasteiger partial charge in [-0.3, -0.25) is 4.99 Å². The average Bonchev–Trinajstić information content (AvgIpc) is 2.55. The van der Waals surface area contributed by atoms with E-state index < -0.39 is 17.2 Å². The maximum Gasteiger partial charge on any atom is 0.410 e. The van der Waals surface area contributed by atoms with Gasteiger partial charge in [-0.1, -0.05) is 6.07 Å². The predicted octanol–water partition coefficient (Wildman–Crippen LogP) is 2.37. The number of hydrogen-bond acceptors (Lipinski definition) is 3. The molecule has 1 aliphatic heterocycles. The van der Waals surface area contributed by atoms with Crippen LogP contribution in [0.2, 0.25) is 0 Å². The third-order valence-electron chi connectivity index (χ3n) is 3.93. The normalized spacial score (nSPS) is 16.0. The molecular weight excluding hydrogens is 342 g/mol. The Morgan fingerprint density at radius 3 is 2.38 bits per heavy atom. The van der Waals surface area contributed by atoms with Gasteiger partial charge in [0.05, 0.1) is 0 Å². The van der Waals surface area contributed by atoms with E-state index in [0.717, 1.165) is 6.07 Å². The van der Waals surface area contributed by atoms with Crippen LogP contribution in [0, 0.1) is 11.6 Å². The van der Waals surface area contributed by atoms with Gasteiger partial charge in [-0.2, -0.15) is 0 Å². The van der Waals surface area contributed by atoms with Gasteiger partial charge in [0.2, 0.25) is 0 Å². The van der Waals surface area contributed by atoms with Crippen LogP contribution in [0.5, 0.6) is 0 Å². The van der Waals surface area contributed by atoms with E-state index in [1.54, 1.807) is 4.90 Å².